The maximum Gasteiger partial charge on any atom is 1.00 e. The molecule has 1 amide bonds. The van der Waals surface area contributed by atoms with Gasteiger partial charge in [-0.25, -0.2) is 9.97 Å². The molecule has 9 heteroatoms. The SMILES string of the molecule is NC(=O)c1ncc(/C=C/[B-](F)(F)F)cn1.[K+]. The summed E-state index contributed by atoms with van der Waals surface area (Å²) in [4.78, 5) is 17.5. The molecule has 0 aromatic carbocycles. The van der Waals surface area contributed by atoms with E-state index in [1.54, 1.807) is 0 Å². The number of aromatic nitrogens is 2. The molecule has 4 nitrogen and oxygen atoms in total. The number of carbonyl (C=O) groups excluding carboxylic acids is 1. The van der Waals surface area contributed by atoms with Crippen LogP contribution < -0.4 is 57.1 Å². The van der Waals surface area contributed by atoms with E-state index < -0.39 is 12.9 Å². The molecule has 16 heavy (non-hydrogen) atoms. The Bertz CT molecular complexity index is 393. The predicted octanol–water partition coefficient (Wildman–Crippen LogP) is -2.02. The van der Waals surface area contributed by atoms with Crippen molar-refractivity contribution in [1.29, 1.82) is 0 Å². The second-order valence-corrected chi connectivity index (χ2v) is 2.69. The van der Waals surface area contributed by atoms with Crippen LogP contribution in [0.4, 0.5) is 12.9 Å². The van der Waals surface area contributed by atoms with Crippen molar-refractivity contribution in [2.45, 2.75) is 0 Å². The molecule has 80 valence electrons. The molecule has 0 radical (unpaired) electrons. The van der Waals surface area contributed by atoms with Gasteiger partial charge in [0.2, 0.25) is 5.82 Å². The molecular formula is C7H6BF3KN3O. The Morgan fingerprint density at radius 2 is 1.81 bits per heavy atom. The van der Waals surface area contributed by atoms with E-state index in [0.29, 0.717) is 0 Å². The van der Waals surface area contributed by atoms with Crippen LogP contribution >= 0.6 is 0 Å². The average Bonchev–Trinajstić information content (AvgIpc) is 2.14. The van der Waals surface area contributed by atoms with Crippen molar-refractivity contribution in [3.63, 3.8) is 0 Å². The summed E-state index contributed by atoms with van der Waals surface area (Å²) in [5.74, 6) is -0.946. The van der Waals surface area contributed by atoms with Gasteiger partial charge in [0.1, 0.15) is 0 Å². The van der Waals surface area contributed by atoms with Crippen LogP contribution in [0.5, 0.6) is 0 Å². The Morgan fingerprint density at radius 3 is 2.19 bits per heavy atom. The fourth-order valence-electron chi connectivity index (χ4n) is 0.772. The van der Waals surface area contributed by atoms with E-state index in [1.807, 2.05) is 0 Å². The number of halogens is 3. The molecule has 0 unspecified atom stereocenters. The number of carbonyl (C=O) groups is 1. The third-order valence-electron chi connectivity index (χ3n) is 1.40. The normalized spacial score (nSPS) is 11.2. The van der Waals surface area contributed by atoms with Crippen LogP contribution in [0.25, 0.3) is 6.08 Å². The second-order valence-electron chi connectivity index (χ2n) is 2.69. The molecule has 0 bridgehead atoms. The fraction of sp³-hybridized carbons (Fsp3) is 0. The summed E-state index contributed by atoms with van der Waals surface area (Å²) in [6, 6.07) is 0. The van der Waals surface area contributed by atoms with Gasteiger partial charge in [-0.15, -0.1) is 5.98 Å². The minimum absolute atomic E-state index is 0. The summed E-state index contributed by atoms with van der Waals surface area (Å²) in [5, 5.41) is 0. The Hall–Kier alpha value is -0.219. The second kappa shape index (κ2) is 6.50. The van der Waals surface area contributed by atoms with Crippen LogP contribution in [0.15, 0.2) is 18.4 Å². The Balaban J connectivity index is 0.00000225. The van der Waals surface area contributed by atoms with Crippen molar-refractivity contribution in [2.24, 2.45) is 5.73 Å². The van der Waals surface area contributed by atoms with E-state index in [9.17, 15) is 17.7 Å². The maximum atomic E-state index is 11.8. The zero-order valence-corrected chi connectivity index (χ0v) is 11.5. The van der Waals surface area contributed by atoms with Gasteiger partial charge < -0.3 is 18.7 Å². The van der Waals surface area contributed by atoms with Gasteiger partial charge in [0, 0.05) is 18.0 Å². The monoisotopic (exact) mass is 255 g/mol. The molecule has 0 fully saturated rings. The number of hydrogen-bond donors (Lipinski definition) is 1. The minimum atomic E-state index is -4.98. The number of nitrogens with two attached hydrogens (primary N) is 1. The van der Waals surface area contributed by atoms with Crippen molar-refractivity contribution in [1.82, 2.24) is 9.97 Å². The van der Waals surface area contributed by atoms with Crippen molar-refractivity contribution < 1.29 is 69.1 Å². The molecule has 0 aliphatic heterocycles. The van der Waals surface area contributed by atoms with Crippen LogP contribution in [-0.4, -0.2) is 22.9 Å². The van der Waals surface area contributed by atoms with Crippen LogP contribution in [0.1, 0.15) is 16.2 Å². The first-order valence-electron chi connectivity index (χ1n) is 3.89. The average molecular weight is 255 g/mol. The number of nitrogens with zero attached hydrogens (tertiary/aromatic N) is 2. The van der Waals surface area contributed by atoms with Gasteiger partial charge in [0.25, 0.3) is 5.91 Å². The first-order chi connectivity index (χ1) is 6.88. The summed E-state index contributed by atoms with van der Waals surface area (Å²) in [6.07, 6.45) is 3.00. The van der Waals surface area contributed by atoms with Gasteiger partial charge >= 0.3 is 58.4 Å². The summed E-state index contributed by atoms with van der Waals surface area (Å²) in [7, 11) is 0. The van der Waals surface area contributed by atoms with E-state index in [-0.39, 0.29) is 68.7 Å². The first kappa shape index (κ1) is 15.8. The molecule has 0 atom stereocenters. The molecule has 1 rings (SSSR count). The van der Waals surface area contributed by atoms with Gasteiger partial charge in [0.15, 0.2) is 0 Å². The van der Waals surface area contributed by atoms with Gasteiger partial charge in [-0.05, 0) is 0 Å². The third-order valence-corrected chi connectivity index (χ3v) is 1.40. The summed E-state index contributed by atoms with van der Waals surface area (Å²) in [6.45, 7) is -4.98. The van der Waals surface area contributed by atoms with E-state index in [2.05, 4.69) is 9.97 Å². The number of rotatable bonds is 3. The first-order valence-corrected chi connectivity index (χ1v) is 3.89. The van der Waals surface area contributed by atoms with Crippen molar-refractivity contribution >= 4 is 19.0 Å². The van der Waals surface area contributed by atoms with Gasteiger partial charge in [-0.2, -0.15) is 0 Å². The van der Waals surface area contributed by atoms with E-state index in [4.69, 9.17) is 5.73 Å². The Kier molecular flexibility index (Phi) is 6.41. The molecule has 1 aromatic rings. The molecular weight excluding hydrogens is 249 g/mol. The topological polar surface area (TPSA) is 68.9 Å². The molecule has 0 saturated carbocycles. The summed E-state index contributed by atoms with van der Waals surface area (Å²) in [5.41, 5.74) is 5.00. The smallest absolute Gasteiger partial charge is 0.445 e. The van der Waals surface area contributed by atoms with Gasteiger partial charge in [0.05, 0.1) is 0 Å². The maximum absolute atomic E-state index is 11.8. The molecule has 0 aliphatic carbocycles. The van der Waals surface area contributed by atoms with Crippen molar-refractivity contribution in [3.8, 4) is 0 Å². The minimum Gasteiger partial charge on any atom is -0.445 e. The van der Waals surface area contributed by atoms with E-state index >= 15 is 0 Å². The van der Waals surface area contributed by atoms with Gasteiger partial charge in [-0.3, -0.25) is 4.79 Å². The molecule has 2 N–H and O–H groups in total. The fourth-order valence-corrected chi connectivity index (χ4v) is 0.772. The standard InChI is InChI=1S/C7H6BF3N3O.K/c9-8(10,11)2-1-5-3-13-7(6(12)15)14-4-5;/h1-4H,(H2,12,15);/q-1;+1/b2-1+;. The Morgan fingerprint density at radius 1 is 1.31 bits per heavy atom. The predicted molar refractivity (Wildman–Crippen MR) is 48.7 cm³/mol. The van der Waals surface area contributed by atoms with Crippen LogP contribution in [0.3, 0.4) is 0 Å². The number of amides is 1. The molecule has 0 aliphatic rings. The zero-order valence-electron chi connectivity index (χ0n) is 8.40. The largest absolute Gasteiger partial charge is 1.00 e. The van der Waals surface area contributed by atoms with Crippen LogP contribution in [0.2, 0.25) is 0 Å². The van der Waals surface area contributed by atoms with Crippen molar-refractivity contribution in [2.75, 3.05) is 0 Å². The quantitative estimate of drug-likeness (QED) is 0.634. The van der Waals surface area contributed by atoms with Crippen LogP contribution in [-0.2, 0) is 0 Å². The van der Waals surface area contributed by atoms with E-state index in [0.717, 1.165) is 18.5 Å². The number of primary amides is 1. The summed E-state index contributed by atoms with van der Waals surface area (Å²) >= 11 is 0. The molecule has 0 spiro atoms. The van der Waals surface area contributed by atoms with E-state index in [1.165, 1.54) is 0 Å². The number of hydrogen-bond acceptors (Lipinski definition) is 3. The zero-order chi connectivity index (χ0) is 11.5. The molecule has 1 heterocycles. The summed E-state index contributed by atoms with van der Waals surface area (Å²) < 4.78 is 35.4. The van der Waals surface area contributed by atoms with Crippen LogP contribution in [0, 0.1) is 0 Å². The third kappa shape index (κ3) is 5.75. The van der Waals surface area contributed by atoms with Gasteiger partial charge in [-0.1, -0.05) is 6.08 Å². The Labute approximate surface area is 132 Å². The van der Waals surface area contributed by atoms with Crippen molar-refractivity contribution in [3.05, 3.63) is 29.8 Å². The molecule has 0 saturated heterocycles. The molecule has 1 aromatic heterocycles.